The van der Waals surface area contributed by atoms with Crippen LogP contribution >= 0.6 is 0 Å². The number of amides is 2. The van der Waals surface area contributed by atoms with E-state index in [1.54, 1.807) is 12.4 Å². The molecule has 1 atom stereocenters. The lowest BCUT2D eigenvalue weighted by atomic mass is 9.88. The zero-order valence-electron chi connectivity index (χ0n) is 17.0. The van der Waals surface area contributed by atoms with Crippen molar-refractivity contribution >= 4 is 22.7 Å². The third kappa shape index (κ3) is 3.91. The number of piperidine rings is 1. The van der Waals surface area contributed by atoms with Crippen LogP contribution in [0.3, 0.4) is 0 Å². The number of rotatable bonds is 4. The highest BCUT2D eigenvalue weighted by Gasteiger charge is 2.54. The van der Waals surface area contributed by atoms with E-state index in [2.05, 4.69) is 36.1 Å². The van der Waals surface area contributed by atoms with Gasteiger partial charge in [-0.3, -0.25) is 14.6 Å². The number of likely N-dealkylation sites (tertiary alicyclic amines) is 1. The number of nitrogens with zero attached hydrogens (tertiary/aromatic N) is 2. The highest BCUT2D eigenvalue weighted by atomic mass is 16.2. The number of carbonyl (C=O) groups excluding carboxylic acids is 2. The lowest BCUT2D eigenvalue weighted by Crippen LogP contribution is -2.41. The second kappa shape index (κ2) is 6.90. The number of aromatic nitrogens is 2. The van der Waals surface area contributed by atoms with Crippen molar-refractivity contribution in [2.24, 2.45) is 16.7 Å². The molecule has 150 valence electrons. The minimum atomic E-state index is -0.0592. The molecule has 2 fully saturated rings. The molecule has 2 amide bonds. The lowest BCUT2D eigenvalue weighted by Gasteiger charge is -2.34. The molecular formula is C22H30N4O2. The maximum atomic E-state index is 12.5. The van der Waals surface area contributed by atoms with Gasteiger partial charge in [0.2, 0.25) is 5.91 Å². The number of nitrogens with one attached hydrogen (secondary N) is 2. The average Bonchev–Trinajstić information content (AvgIpc) is 3.11. The molecule has 1 aliphatic carbocycles. The Hall–Kier alpha value is -2.37. The van der Waals surface area contributed by atoms with Crippen LogP contribution in [0.15, 0.2) is 24.5 Å². The number of fused-ring (bicyclic) bond motifs is 1. The molecule has 2 aromatic rings. The van der Waals surface area contributed by atoms with Crippen molar-refractivity contribution in [2.75, 3.05) is 19.6 Å². The summed E-state index contributed by atoms with van der Waals surface area (Å²) < 4.78 is 0. The largest absolute Gasteiger partial charge is 0.350 e. The minimum Gasteiger partial charge on any atom is -0.350 e. The van der Waals surface area contributed by atoms with E-state index < -0.39 is 0 Å². The van der Waals surface area contributed by atoms with Gasteiger partial charge in [-0.15, -0.1) is 0 Å². The Morgan fingerprint density at radius 1 is 1.32 bits per heavy atom. The van der Waals surface area contributed by atoms with Crippen LogP contribution in [0.25, 0.3) is 10.9 Å². The van der Waals surface area contributed by atoms with Crippen molar-refractivity contribution in [1.82, 2.24) is 20.2 Å². The second-order valence-corrected chi connectivity index (χ2v) is 9.74. The summed E-state index contributed by atoms with van der Waals surface area (Å²) >= 11 is 0. The van der Waals surface area contributed by atoms with Gasteiger partial charge >= 0.3 is 0 Å². The Labute approximate surface area is 166 Å². The summed E-state index contributed by atoms with van der Waals surface area (Å²) in [7, 11) is 0. The zero-order valence-corrected chi connectivity index (χ0v) is 17.0. The van der Waals surface area contributed by atoms with Crippen LogP contribution in [0.1, 0.15) is 56.9 Å². The van der Waals surface area contributed by atoms with Gasteiger partial charge in [0.25, 0.3) is 5.91 Å². The van der Waals surface area contributed by atoms with Crippen molar-refractivity contribution in [3.63, 3.8) is 0 Å². The molecular weight excluding hydrogens is 352 g/mol. The fourth-order valence-electron chi connectivity index (χ4n) is 4.51. The van der Waals surface area contributed by atoms with Gasteiger partial charge in [0.1, 0.15) is 5.69 Å². The second-order valence-electron chi connectivity index (χ2n) is 9.74. The maximum absolute atomic E-state index is 12.5. The van der Waals surface area contributed by atoms with Crippen LogP contribution in [0, 0.1) is 16.7 Å². The van der Waals surface area contributed by atoms with E-state index in [0.717, 1.165) is 43.3 Å². The molecule has 0 radical (unpaired) electrons. The van der Waals surface area contributed by atoms with Crippen molar-refractivity contribution in [3.05, 3.63) is 30.2 Å². The molecule has 2 aromatic heterocycles. The van der Waals surface area contributed by atoms with Gasteiger partial charge in [-0.25, -0.2) is 0 Å². The molecule has 1 unspecified atom stereocenters. The van der Waals surface area contributed by atoms with E-state index in [-0.39, 0.29) is 17.2 Å². The first kappa shape index (κ1) is 19.0. The molecule has 3 heterocycles. The Morgan fingerprint density at radius 2 is 2.07 bits per heavy atom. The number of H-pyrrole nitrogens is 1. The first-order valence-electron chi connectivity index (χ1n) is 10.2. The SMILES string of the molecule is CC(C)(C)CC(=O)N1CCC2(CC1)CC2CNC(=O)c1cc2cnccc2[nH]1. The molecule has 4 rings (SSSR count). The van der Waals surface area contributed by atoms with Crippen LogP contribution in [-0.4, -0.2) is 46.3 Å². The van der Waals surface area contributed by atoms with Crippen molar-refractivity contribution < 1.29 is 9.59 Å². The van der Waals surface area contributed by atoms with Gasteiger partial charge in [-0.1, -0.05) is 20.8 Å². The first-order chi connectivity index (χ1) is 13.3. The molecule has 1 saturated heterocycles. The molecule has 0 aromatic carbocycles. The summed E-state index contributed by atoms with van der Waals surface area (Å²) in [6.07, 6.45) is 7.36. The molecule has 6 nitrogen and oxygen atoms in total. The quantitative estimate of drug-likeness (QED) is 0.851. The van der Waals surface area contributed by atoms with E-state index >= 15 is 0 Å². The van der Waals surface area contributed by atoms with Crippen LogP contribution in [0.4, 0.5) is 0 Å². The normalized spacial score (nSPS) is 21.1. The van der Waals surface area contributed by atoms with Crippen molar-refractivity contribution in [1.29, 1.82) is 0 Å². The summed E-state index contributed by atoms with van der Waals surface area (Å²) in [4.78, 5) is 34.2. The topological polar surface area (TPSA) is 78.1 Å². The molecule has 2 N–H and O–H groups in total. The predicted octanol–water partition coefficient (Wildman–Crippen LogP) is 3.36. The lowest BCUT2D eigenvalue weighted by molar-refractivity contribution is -0.134. The smallest absolute Gasteiger partial charge is 0.267 e. The highest BCUT2D eigenvalue weighted by molar-refractivity contribution is 5.97. The van der Waals surface area contributed by atoms with Gasteiger partial charge in [0.15, 0.2) is 0 Å². The summed E-state index contributed by atoms with van der Waals surface area (Å²) in [6.45, 7) is 8.75. The van der Waals surface area contributed by atoms with Crippen LogP contribution in [-0.2, 0) is 4.79 Å². The average molecular weight is 383 g/mol. The van der Waals surface area contributed by atoms with Gasteiger partial charge in [-0.05, 0) is 48.1 Å². The predicted molar refractivity (Wildman–Crippen MR) is 109 cm³/mol. The van der Waals surface area contributed by atoms with Gasteiger partial charge in [0, 0.05) is 49.4 Å². The molecule has 0 bridgehead atoms. The number of carbonyl (C=O) groups is 2. The standard InChI is InChI=1S/C22H30N4O2/c1-21(2,3)12-19(27)26-8-5-22(6-9-26)11-16(22)14-24-20(28)18-10-15-13-23-7-4-17(15)25-18/h4,7,10,13,16,25H,5-6,8-9,11-12,14H2,1-3H3,(H,24,28). The molecule has 1 spiro atoms. The molecule has 6 heteroatoms. The molecule has 28 heavy (non-hydrogen) atoms. The van der Waals surface area contributed by atoms with Crippen molar-refractivity contribution in [2.45, 2.75) is 46.5 Å². The number of pyridine rings is 1. The summed E-state index contributed by atoms with van der Waals surface area (Å²) in [6, 6.07) is 3.72. The van der Waals surface area contributed by atoms with Crippen LogP contribution in [0.2, 0.25) is 0 Å². The third-order valence-corrected chi connectivity index (χ3v) is 6.33. The minimum absolute atomic E-state index is 0.0390. The zero-order chi connectivity index (χ0) is 19.9. The number of aromatic amines is 1. The van der Waals surface area contributed by atoms with E-state index in [0.29, 0.717) is 30.0 Å². The van der Waals surface area contributed by atoms with E-state index in [9.17, 15) is 9.59 Å². The fraction of sp³-hybridized carbons (Fsp3) is 0.591. The van der Waals surface area contributed by atoms with Gasteiger partial charge in [-0.2, -0.15) is 0 Å². The maximum Gasteiger partial charge on any atom is 0.267 e. The summed E-state index contributed by atoms with van der Waals surface area (Å²) in [5.74, 6) is 0.750. The summed E-state index contributed by atoms with van der Waals surface area (Å²) in [5.41, 5.74) is 1.88. The highest BCUT2D eigenvalue weighted by Crippen LogP contribution is 2.59. The Balaban J connectivity index is 1.26. The molecule has 2 aliphatic rings. The van der Waals surface area contributed by atoms with E-state index in [4.69, 9.17) is 0 Å². The van der Waals surface area contributed by atoms with Crippen LogP contribution in [0.5, 0.6) is 0 Å². The summed E-state index contributed by atoms with van der Waals surface area (Å²) in [5, 5.41) is 4.03. The monoisotopic (exact) mass is 382 g/mol. The van der Waals surface area contributed by atoms with Crippen LogP contribution < -0.4 is 5.32 Å². The first-order valence-corrected chi connectivity index (χ1v) is 10.2. The van der Waals surface area contributed by atoms with Crippen molar-refractivity contribution in [3.8, 4) is 0 Å². The third-order valence-electron chi connectivity index (χ3n) is 6.33. The van der Waals surface area contributed by atoms with Gasteiger partial charge in [0.05, 0.1) is 0 Å². The Morgan fingerprint density at radius 3 is 2.75 bits per heavy atom. The number of hydrogen-bond acceptors (Lipinski definition) is 3. The number of hydrogen-bond donors (Lipinski definition) is 2. The Kier molecular flexibility index (Phi) is 4.68. The Bertz CT molecular complexity index is 854. The van der Waals surface area contributed by atoms with Gasteiger partial charge < -0.3 is 15.2 Å². The molecule has 1 saturated carbocycles. The van der Waals surface area contributed by atoms with E-state index in [1.807, 2.05) is 17.0 Å². The fourth-order valence-corrected chi connectivity index (χ4v) is 4.51. The molecule has 1 aliphatic heterocycles. The van der Waals surface area contributed by atoms with E-state index in [1.165, 1.54) is 0 Å².